The average molecular weight is 213 g/mol. The molecule has 15 heavy (non-hydrogen) atoms. The molecular weight excluding hydrogens is 186 g/mol. The van der Waals surface area contributed by atoms with Gasteiger partial charge < -0.3 is 5.11 Å². The molecule has 2 nitrogen and oxygen atoms in total. The number of aliphatic hydroxyl groups is 1. The Morgan fingerprint density at radius 1 is 1.07 bits per heavy atom. The minimum absolute atomic E-state index is 0.189. The van der Waals surface area contributed by atoms with Gasteiger partial charge in [0.25, 0.3) is 0 Å². The SMILES string of the molecule is CC(C)CN(CC(C)O)C1CCCCC1. The molecule has 0 heterocycles. The molecule has 1 atom stereocenters. The third kappa shape index (κ3) is 4.98. The van der Waals surface area contributed by atoms with Crippen molar-refractivity contribution in [2.24, 2.45) is 5.92 Å². The fourth-order valence-electron chi connectivity index (χ4n) is 2.63. The lowest BCUT2D eigenvalue weighted by Crippen LogP contribution is -2.42. The van der Waals surface area contributed by atoms with E-state index in [0.29, 0.717) is 5.92 Å². The summed E-state index contributed by atoms with van der Waals surface area (Å²) in [6, 6.07) is 0.732. The van der Waals surface area contributed by atoms with Gasteiger partial charge in [-0.05, 0) is 25.7 Å². The van der Waals surface area contributed by atoms with Gasteiger partial charge in [0.15, 0.2) is 0 Å². The normalized spacial score (nSPS) is 21.2. The highest BCUT2D eigenvalue weighted by Crippen LogP contribution is 2.23. The Morgan fingerprint density at radius 2 is 1.67 bits per heavy atom. The maximum absolute atomic E-state index is 9.52. The molecule has 1 N–H and O–H groups in total. The van der Waals surface area contributed by atoms with Crippen LogP contribution in [0.3, 0.4) is 0 Å². The largest absolute Gasteiger partial charge is 0.392 e. The molecule has 0 spiro atoms. The Kier molecular flexibility index (Phi) is 5.62. The summed E-state index contributed by atoms with van der Waals surface area (Å²) in [6.45, 7) is 8.41. The molecule has 0 amide bonds. The first-order valence-corrected chi connectivity index (χ1v) is 6.51. The van der Waals surface area contributed by atoms with Crippen LogP contribution in [-0.2, 0) is 0 Å². The molecule has 0 aromatic heterocycles. The van der Waals surface area contributed by atoms with Crippen LogP contribution >= 0.6 is 0 Å². The first kappa shape index (κ1) is 13.0. The fourth-order valence-corrected chi connectivity index (χ4v) is 2.63. The average Bonchev–Trinajstić information content (AvgIpc) is 2.17. The second-order valence-corrected chi connectivity index (χ2v) is 5.49. The molecule has 1 saturated carbocycles. The molecule has 1 unspecified atom stereocenters. The lowest BCUT2D eigenvalue weighted by Gasteiger charge is -2.36. The lowest BCUT2D eigenvalue weighted by atomic mass is 9.93. The summed E-state index contributed by atoms with van der Waals surface area (Å²) in [4.78, 5) is 2.51. The summed E-state index contributed by atoms with van der Waals surface area (Å²) < 4.78 is 0. The van der Waals surface area contributed by atoms with Gasteiger partial charge in [-0.3, -0.25) is 4.90 Å². The molecule has 1 aliphatic carbocycles. The van der Waals surface area contributed by atoms with Crippen molar-refractivity contribution in [3.05, 3.63) is 0 Å². The third-order valence-electron chi connectivity index (χ3n) is 3.19. The van der Waals surface area contributed by atoms with Crippen LogP contribution in [0.1, 0.15) is 52.9 Å². The number of nitrogens with zero attached hydrogens (tertiary/aromatic N) is 1. The van der Waals surface area contributed by atoms with Crippen LogP contribution in [0.15, 0.2) is 0 Å². The molecule has 0 aromatic rings. The van der Waals surface area contributed by atoms with E-state index < -0.39 is 0 Å². The summed E-state index contributed by atoms with van der Waals surface area (Å²) in [5, 5.41) is 9.52. The first-order chi connectivity index (χ1) is 7.09. The predicted octanol–water partition coefficient (Wildman–Crippen LogP) is 2.66. The van der Waals surface area contributed by atoms with Crippen LogP contribution in [-0.4, -0.2) is 35.2 Å². The first-order valence-electron chi connectivity index (χ1n) is 6.51. The maximum atomic E-state index is 9.52. The van der Waals surface area contributed by atoms with E-state index in [2.05, 4.69) is 18.7 Å². The van der Waals surface area contributed by atoms with Gasteiger partial charge in [0.1, 0.15) is 0 Å². The smallest absolute Gasteiger partial charge is 0.0639 e. The molecule has 0 aliphatic heterocycles. The van der Waals surface area contributed by atoms with Gasteiger partial charge in [-0.2, -0.15) is 0 Å². The summed E-state index contributed by atoms with van der Waals surface area (Å²) in [6.07, 6.45) is 6.63. The molecule has 90 valence electrons. The van der Waals surface area contributed by atoms with Crippen molar-refractivity contribution < 1.29 is 5.11 Å². The van der Waals surface area contributed by atoms with E-state index in [-0.39, 0.29) is 6.10 Å². The van der Waals surface area contributed by atoms with E-state index in [0.717, 1.165) is 19.1 Å². The predicted molar refractivity (Wildman–Crippen MR) is 65.0 cm³/mol. The zero-order valence-electron chi connectivity index (χ0n) is 10.6. The number of aliphatic hydroxyl groups excluding tert-OH is 1. The molecule has 1 rings (SSSR count). The van der Waals surface area contributed by atoms with Gasteiger partial charge in [0.2, 0.25) is 0 Å². The van der Waals surface area contributed by atoms with Crippen LogP contribution in [0.2, 0.25) is 0 Å². The van der Waals surface area contributed by atoms with E-state index in [1.54, 1.807) is 0 Å². The highest BCUT2D eigenvalue weighted by Gasteiger charge is 2.22. The van der Waals surface area contributed by atoms with Crippen LogP contribution in [0, 0.1) is 5.92 Å². The van der Waals surface area contributed by atoms with Crippen molar-refractivity contribution in [3.8, 4) is 0 Å². The topological polar surface area (TPSA) is 23.5 Å². The highest BCUT2D eigenvalue weighted by molar-refractivity contribution is 4.77. The van der Waals surface area contributed by atoms with Crippen molar-refractivity contribution in [2.75, 3.05) is 13.1 Å². The van der Waals surface area contributed by atoms with Gasteiger partial charge >= 0.3 is 0 Å². The number of rotatable bonds is 5. The van der Waals surface area contributed by atoms with Gasteiger partial charge in [0, 0.05) is 19.1 Å². The Labute approximate surface area is 94.7 Å². The Hall–Kier alpha value is -0.0800. The van der Waals surface area contributed by atoms with Crippen LogP contribution < -0.4 is 0 Å². The van der Waals surface area contributed by atoms with Crippen molar-refractivity contribution in [2.45, 2.75) is 65.0 Å². The lowest BCUT2D eigenvalue weighted by molar-refractivity contribution is 0.0738. The Morgan fingerprint density at radius 3 is 2.13 bits per heavy atom. The van der Waals surface area contributed by atoms with E-state index in [1.807, 2.05) is 6.92 Å². The van der Waals surface area contributed by atoms with Gasteiger partial charge in [0.05, 0.1) is 6.10 Å². The van der Waals surface area contributed by atoms with Crippen LogP contribution in [0.5, 0.6) is 0 Å². The van der Waals surface area contributed by atoms with E-state index >= 15 is 0 Å². The number of hydrogen-bond donors (Lipinski definition) is 1. The van der Waals surface area contributed by atoms with Crippen molar-refractivity contribution in [3.63, 3.8) is 0 Å². The summed E-state index contributed by atoms with van der Waals surface area (Å²) >= 11 is 0. The number of hydrogen-bond acceptors (Lipinski definition) is 2. The molecule has 1 fully saturated rings. The zero-order valence-corrected chi connectivity index (χ0v) is 10.6. The second-order valence-electron chi connectivity index (χ2n) is 5.49. The van der Waals surface area contributed by atoms with Gasteiger partial charge in [-0.1, -0.05) is 33.1 Å². The highest BCUT2D eigenvalue weighted by atomic mass is 16.3. The molecule has 0 bridgehead atoms. The quantitative estimate of drug-likeness (QED) is 0.759. The summed E-state index contributed by atoms with van der Waals surface area (Å²) in [7, 11) is 0. The van der Waals surface area contributed by atoms with Gasteiger partial charge in [-0.15, -0.1) is 0 Å². The van der Waals surface area contributed by atoms with Crippen molar-refractivity contribution in [1.82, 2.24) is 4.90 Å². The Balaban J connectivity index is 2.45. The third-order valence-corrected chi connectivity index (χ3v) is 3.19. The Bertz CT molecular complexity index is 152. The standard InChI is InChI=1S/C13H27NO/c1-11(2)9-14(10-12(3)15)13-7-5-4-6-8-13/h11-13,15H,4-10H2,1-3H3. The minimum atomic E-state index is -0.189. The molecular formula is C13H27NO. The minimum Gasteiger partial charge on any atom is -0.392 e. The van der Waals surface area contributed by atoms with Crippen molar-refractivity contribution in [1.29, 1.82) is 0 Å². The zero-order chi connectivity index (χ0) is 11.3. The van der Waals surface area contributed by atoms with Crippen molar-refractivity contribution >= 4 is 0 Å². The van der Waals surface area contributed by atoms with Crippen LogP contribution in [0.4, 0.5) is 0 Å². The van der Waals surface area contributed by atoms with Gasteiger partial charge in [-0.25, -0.2) is 0 Å². The summed E-state index contributed by atoms with van der Waals surface area (Å²) in [5.41, 5.74) is 0. The molecule has 0 aromatic carbocycles. The van der Waals surface area contributed by atoms with E-state index in [1.165, 1.54) is 32.1 Å². The molecule has 0 saturated heterocycles. The molecule has 2 heteroatoms. The second kappa shape index (κ2) is 6.49. The molecule has 0 radical (unpaired) electrons. The van der Waals surface area contributed by atoms with E-state index in [9.17, 15) is 5.11 Å². The monoisotopic (exact) mass is 213 g/mol. The maximum Gasteiger partial charge on any atom is 0.0639 e. The molecule has 1 aliphatic rings. The van der Waals surface area contributed by atoms with E-state index in [4.69, 9.17) is 0 Å². The fraction of sp³-hybridized carbons (Fsp3) is 1.00. The summed E-state index contributed by atoms with van der Waals surface area (Å²) in [5.74, 6) is 0.700. The van der Waals surface area contributed by atoms with Crippen LogP contribution in [0.25, 0.3) is 0 Å².